The Bertz CT molecular complexity index is 576. The number of Topliss-reactive ketones (excluding diaryl/α,β-unsaturated/α-hetero) is 1. The standard InChI is InChI=1S/C13H11ClF3NO3/c14-9-5-4-8(7-10(9)21-13(15,16)17)12(18-20)6-2-1-3-11(12)19/h4-5,7H,1-3,6H2. The third-order valence-electron chi connectivity index (χ3n) is 3.44. The van der Waals surface area contributed by atoms with Gasteiger partial charge in [0.2, 0.25) is 0 Å². The van der Waals surface area contributed by atoms with Crippen LogP contribution in [0.15, 0.2) is 23.4 Å². The van der Waals surface area contributed by atoms with Crippen LogP contribution in [0.3, 0.4) is 0 Å². The van der Waals surface area contributed by atoms with Gasteiger partial charge in [0.15, 0.2) is 11.3 Å². The number of halogens is 4. The third-order valence-corrected chi connectivity index (χ3v) is 3.76. The summed E-state index contributed by atoms with van der Waals surface area (Å²) in [6.45, 7) is 0. The predicted molar refractivity (Wildman–Crippen MR) is 69.1 cm³/mol. The Balaban J connectivity index is 2.45. The number of carbonyl (C=O) groups excluding carboxylic acids is 1. The van der Waals surface area contributed by atoms with E-state index in [0.29, 0.717) is 12.8 Å². The zero-order valence-electron chi connectivity index (χ0n) is 10.7. The van der Waals surface area contributed by atoms with Crippen molar-refractivity contribution in [1.29, 1.82) is 0 Å². The highest BCUT2D eigenvalue weighted by Crippen LogP contribution is 2.41. The van der Waals surface area contributed by atoms with Gasteiger partial charge in [-0.2, -0.15) is 0 Å². The van der Waals surface area contributed by atoms with E-state index in [2.05, 4.69) is 9.91 Å². The van der Waals surface area contributed by atoms with Gasteiger partial charge in [0.1, 0.15) is 5.75 Å². The first kappa shape index (κ1) is 15.8. The summed E-state index contributed by atoms with van der Waals surface area (Å²) in [6.07, 6.45) is -3.35. The first-order valence-corrected chi connectivity index (χ1v) is 6.60. The molecule has 0 amide bonds. The molecule has 1 aliphatic rings. The van der Waals surface area contributed by atoms with E-state index < -0.39 is 23.4 Å². The highest BCUT2D eigenvalue weighted by atomic mass is 35.5. The zero-order valence-corrected chi connectivity index (χ0v) is 11.5. The van der Waals surface area contributed by atoms with Crippen LogP contribution < -0.4 is 4.74 Å². The Morgan fingerprint density at radius 1 is 1.29 bits per heavy atom. The molecule has 1 unspecified atom stereocenters. The Morgan fingerprint density at radius 3 is 2.57 bits per heavy atom. The van der Waals surface area contributed by atoms with Crippen molar-refractivity contribution in [3.63, 3.8) is 0 Å². The monoisotopic (exact) mass is 321 g/mol. The van der Waals surface area contributed by atoms with E-state index in [1.807, 2.05) is 0 Å². The minimum absolute atomic E-state index is 0.0749. The molecule has 0 bridgehead atoms. The first-order chi connectivity index (χ1) is 9.78. The quantitative estimate of drug-likeness (QED) is 0.778. The number of ketones is 1. The molecular formula is C13H11ClF3NO3. The number of ether oxygens (including phenoxy) is 1. The summed E-state index contributed by atoms with van der Waals surface area (Å²) in [5.74, 6) is -1.05. The number of nitrogens with zero attached hydrogens (tertiary/aromatic N) is 1. The van der Waals surface area contributed by atoms with Crippen molar-refractivity contribution in [3.8, 4) is 5.75 Å². The molecule has 0 radical (unpaired) electrons. The molecule has 0 aliphatic heterocycles. The van der Waals surface area contributed by atoms with E-state index in [9.17, 15) is 22.9 Å². The molecule has 2 rings (SSSR count). The molecule has 1 atom stereocenters. The Labute approximate surface area is 123 Å². The van der Waals surface area contributed by atoms with Crippen molar-refractivity contribution in [2.75, 3.05) is 0 Å². The maximum atomic E-state index is 12.3. The predicted octanol–water partition coefficient (Wildman–Crippen LogP) is 4.34. The van der Waals surface area contributed by atoms with Gasteiger partial charge < -0.3 is 4.74 Å². The van der Waals surface area contributed by atoms with Gasteiger partial charge in [-0.05, 0) is 37.0 Å². The molecule has 0 heterocycles. The van der Waals surface area contributed by atoms with Crippen LogP contribution in [0.25, 0.3) is 0 Å². The van der Waals surface area contributed by atoms with Gasteiger partial charge in [0, 0.05) is 6.42 Å². The van der Waals surface area contributed by atoms with Crippen LogP contribution >= 0.6 is 11.6 Å². The molecule has 0 aromatic heterocycles. The van der Waals surface area contributed by atoms with Gasteiger partial charge in [-0.1, -0.05) is 22.8 Å². The maximum Gasteiger partial charge on any atom is 0.573 e. The molecule has 4 nitrogen and oxygen atoms in total. The molecule has 8 heteroatoms. The second-order valence-corrected chi connectivity index (χ2v) is 5.18. The van der Waals surface area contributed by atoms with Gasteiger partial charge in [-0.25, -0.2) is 0 Å². The summed E-state index contributed by atoms with van der Waals surface area (Å²) in [7, 11) is 0. The summed E-state index contributed by atoms with van der Waals surface area (Å²) < 4.78 is 40.8. The van der Waals surface area contributed by atoms with Crippen LogP contribution in [0.1, 0.15) is 31.2 Å². The van der Waals surface area contributed by atoms with Crippen molar-refractivity contribution in [2.45, 2.75) is 37.6 Å². The van der Waals surface area contributed by atoms with Crippen molar-refractivity contribution >= 4 is 17.4 Å². The Morgan fingerprint density at radius 2 is 2.00 bits per heavy atom. The summed E-state index contributed by atoms with van der Waals surface area (Å²) in [5, 5.41) is 2.65. The smallest absolute Gasteiger partial charge is 0.404 e. The number of alkyl halides is 3. The molecule has 21 heavy (non-hydrogen) atoms. The second kappa shape index (κ2) is 5.63. The summed E-state index contributed by atoms with van der Waals surface area (Å²) in [4.78, 5) is 23.2. The Kier molecular flexibility index (Phi) is 4.22. The summed E-state index contributed by atoms with van der Waals surface area (Å²) in [6, 6.07) is 3.45. The molecule has 0 saturated heterocycles. The van der Waals surface area contributed by atoms with Crippen LogP contribution in [0, 0.1) is 4.91 Å². The first-order valence-electron chi connectivity index (χ1n) is 6.22. The lowest BCUT2D eigenvalue weighted by atomic mass is 9.76. The highest BCUT2D eigenvalue weighted by molar-refractivity contribution is 6.32. The molecular weight excluding hydrogens is 311 g/mol. The highest BCUT2D eigenvalue weighted by Gasteiger charge is 2.44. The lowest BCUT2D eigenvalue weighted by Crippen LogP contribution is -2.36. The number of benzene rings is 1. The van der Waals surface area contributed by atoms with Crippen LogP contribution in [-0.2, 0) is 10.3 Å². The Hall–Kier alpha value is -1.63. The second-order valence-electron chi connectivity index (χ2n) is 4.77. The molecule has 1 aliphatic carbocycles. The van der Waals surface area contributed by atoms with E-state index in [0.717, 1.165) is 12.1 Å². The van der Waals surface area contributed by atoms with E-state index in [1.54, 1.807) is 0 Å². The van der Waals surface area contributed by atoms with Gasteiger partial charge in [-0.3, -0.25) is 4.79 Å². The topological polar surface area (TPSA) is 55.7 Å². The van der Waals surface area contributed by atoms with Gasteiger partial charge in [0.05, 0.1) is 5.02 Å². The maximum absolute atomic E-state index is 12.3. The lowest BCUT2D eigenvalue weighted by molar-refractivity contribution is -0.274. The number of rotatable bonds is 3. The van der Waals surface area contributed by atoms with Crippen LogP contribution in [0.5, 0.6) is 5.75 Å². The van der Waals surface area contributed by atoms with Crippen molar-refractivity contribution < 1.29 is 22.7 Å². The van der Waals surface area contributed by atoms with Crippen molar-refractivity contribution in [2.24, 2.45) is 5.18 Å². The molecule has 1 aromatic carbocycles. The minimum Gasteiger partial charge on any atom is -0.404 e. The van der Waals surface area contributed by atoms with E-state index in [1.165, 1.54) is 6.07 Å². The molecule has 1 saturated carbocycles. The van der Waals surface area contributed by atoms with E-state index >= 15 is 0 Å². The molecule has 114 valence electrons. The normalized spacial score (nSPS) is 23.0. The lowest BCUT2D eigenvalue weighted by Gasteiger charge is -2.29. The van der Waals surface area contributed by atoms with E-state index in [-0.39, 0.29) is 23.4 Å². The van der Waals surface area contributed by atoms with Gasteiger partial charge >= 0.3 is 6.36 Å². The average molecular weight is 322 g/mol. The molecule has 1 fully saturated rings. The minimum atomic E-state index is -4.92. The van der Waals surface area contributed by atoms with Crippen LogP contribution in [-0.4, -0.2) is 12.1 Å². The average Bonchev–Trinajstić information content (AvgIpc) is 2.41. The van der Waals surface area contributed by atoms with E-state index in [4.69, 9.17) is 11.6 Å². The van der Waals surface area contributed by atoms with Crippen LogP contribution in [0.2, 0.25) is 5.02 Å². The third kappa shape index (κ3) is 3.18. The van der Waals surface area contributed by atoms with Crippen molar-refractivity contribution in [1.82, 2.24) is 0 Å². The fourth-order valence-electron chi connectivity index (χ4n) is 2.43. The largest absolute Gasteiger partial charge is 0.573 e. The fourth-order valence-corrected chi connectivity index (χ4v) is 2.59. The molecule has 1 aromatic rings. The molecule has 0 N–H and O–H groups in total. The SMILES string of the molecule is O=NC1(c2ccc(Cl)c(OC(F)(F)F)c2)CCCCC1=O. The number of nitroso groups, excluding NO2 is 1. The molecule has 0 spiro atoms. The van der Waals surface area contributed by atoms with Crippen molar-refractivity contribution in [3.05, 3.63) is 33.7 Å². The number of hydrogen-bond donors (Lipinski definition) is 0. The summed E-state index contributed by atoms with van der Waals surface area (Å²) in [5.41, 5.74) is -1.57. The fraction of sp³-hybridized carbons (Fsp3) is 0.462. The number of carbonyl (C=O) groups is 1. The summed E-state index contributed by atoms with van der Waals surface area (Å²) >= 11 is 5.65. The van der Waals surface area contributed by atoms with Crippen LogP contribution in [0.4, 0.5) is 13.2 Å². The zero-order chi connectivity index (χ0) is 15.7. The van der Waals surface area contributed by atoms with Gasteiger partial charge in [-0.15, -0.1) is 18.1 Å². The number of hydrogen-bond acceptors (Lipinski definition) is 4. The van der Waals surface area contributed by atoms with Gasteiger partial charge in [0.25, 0.3) is 0 Å².